The van der Waals surface area contributed by atoms with E-state index in [4.69, 9.17) is 4.42 Å². The number of hydrogen-bond donors (Lipinski definition) is 1. The van der Waals surface area contributed by atoms with Crippen LogP contribution in [0.3, 0.4) is 0 Å². The SMILES string of the molecule is Cc1ccccc1NC(=O)C(C)Sc1nnc(C2CCCCC2)o1. The van der Waals surface area contributed by atoms with Crippen molar-refractivity contribution in [2.75, 3.05) is 5.32 Å². The van der Waals surface area contributed by atoms with E-state index in [0.29, 0.717) is 11.1 Å². The molecule has 0 aliphatic heterocycles. The van der Waals surface area contributed by atoms with Crippen LogP contribution < -0.4 is 5.32 Å². The monoisotopic (exact) mass is 345 g/mol. The summed E-state index contributed by atoms with van der Waals surface area (Å²) in [5.41, 5.74) is 1.88. The van der Waals surface area contributed by atoms with Crippen molar-refractivity contribution in [1.82, 2.24) is 10.2 Å². The van der Waals surface area contributed by atoms with E-state index in [9.17, 15) is 4.79 Å². The first-order valence-corrected chi connectivity index (χ1v) is 9.38. The zero-order valence-electron chi connectivity index (χ0n) is 14.1. The number of anilines is 1. The summed E-state index contributed by atoms with van der Waals surface area (Å²) in [6, 6.07) is 7.74. The van der Waals surface area contributed by atoms with Crippen molar-refractivity contribution in [3.8, 4) is 0 Å². The highest BCUT2D eigenvalue weighted by molar-refractivity contribution is 8.00. The number of nitrogens with zero attached hydrogens (tertiary/aromatic N) is 2. The summed E-state index contributed by atoms with van der Waals surface area (Å²) in [6.07, 6.45) is 5.99. The lowest BCUT2D eigenvalue weighted by molar-refractivity contribution is -0.115. The summed E-state index contributed by atoms with van der Waals surface area (Å²) in [4.78, 5) is 12.4. The van der Waals surface area contributed by atoms with Crippen molar-refractivity contribution in [1.29, 1.82) is 0 Å². The smallest absolute Gasteiger partial charge is 0.277 e. The van der Waals surface area contributed by atoms with Crippen LogP contribution in [0.1, 0.15) is 56.4 Å². The average Bonchev–Trinajstić information content (AvgIpc) is 3.06. The minimum atomic E-state index is -0.302. The summed E-state index contributed by atoms with van der Waals surface area (Å²) in [7, 11) is 0. The number of carbonyl (C=O) groups excluding carboxylic acids is 1. The highest BCUT2D eigenvalue weighted by Gasteiger charge is 2.23. The molecule has 1 aliphatic carbocycles. The summed E-state index contributed by atoms with van der Waals surface area (Å²) < 4.78 is 5.78. The molecule has 0 saturated heterocycles. The molecule has 1 atom stereocenters. The Hall–Kier alpha value is -1.82. The molecule has 1 fully saturated rings. The number of rotatable bonds is 5. The van der Waals surface area contributed by atoms with Crippen LogP contribution in [0.4, 0.5) is 5.69 Å². The van der Waals surface area contributed by atoms with Crippen molar-refractivity contribution in [3.05, 3.63) is 35.7 Å². The van der Waals surface area contributed by atoms with Gasteiger partial charge in [-0.3, -0.25) is 4.79 Å². The van der Waals surface area contributed by atoms with Crippen LogP contribution in [-0.2, 0) is 4.79 Å². The molecule has 0 bridgehead atoms. The van der Waals surface area contributed by atoms with Crippen molar-refractivity contribution in [3.63, 3.8) is 0 Å². The van der Waals surface area contributed by atoms with Gasteiger partial charge < -0.3 is 9.73 Å². The maximum atomic E-state index is 12.4. The van der Waals surface area contributed by atoms with Crippen LogP contribution in [0.2, 0.25) is 0 Å². The Morgan fingerprint density at radius 2 is 2.00 bits per heavy atom. The predicted octanol–water partition coefficient (Wildman–Crippen LogP) is 4.55. The Morgan fingerprint density at radius 3 is 2.75 bits per heavy atom. The number of carbonyl (C=O) groups is 1. The van der Waals surface area contributed by atoms with Gasteiger partial charge in [-0.15, -0.1) is 10.2 Å². The number of thioether (sulfide) groups is 1. The van der Waals surface area contributed by atoms with Gasteiger partial charge in [0, 0.05) is 11.6 Å². The van der Waals surface area contributed by atoms with E-state index >= 15 is 0 Å². The van der Waals surface area contributed by atoms with E-state index < -0.39 is 0 Å². The molecule has 128 valence electrons. The maximum Gasteiger partial charge on any atom is 0.277 e. The van der Waals surface area contributed by atoms with E-state index in [1.807, 2.05) is 38.1 Å². The quantitative estimate of drug-likeness (QED) is 0.806. The third kappa shape index (κ3) is 4.17. The maximum absolute atomic E-state index is 12.4. The normalized spacial score (nSPS) is 16.8. The number of nitrogens with one attached hydrogen (secondary N) is 1. The molecule has 2 aromatic rings. The van der Waals surface area contributed by atoms with Crippen molar-refractivity contribution < 1.29 is 9.21 Å². The van der Waals surface area contributed by atoms with Gasteiger partial charge in [0.1, 0.15) is 0 Å². The van der Waals surface area contributed by atoms with Gasteiger partial charge in [-0.05, 0) is 38.3 Å². The van der Waals surface area contributed by atoms with Crippen LogP contribution >= 0.6 is 11.8 Å². The lowest BCUT2D eigenvalue weighted by Gasteiger charge is -2.17. The fourth-order valence-corrected chi connectivity index (χ4v) is 3.62. The number of hydrogen-bond acceptors (Lipinski definition) is 5. The molecule has 6 heteroatoms. The Balaban J connectivity index is 1.58. The molecular formula is C18H23N3O2S. The second-order valence-corrected chi connectivity index (χ2v) is 7.60. The van der Waals surface area contributed by atoms with Gasteiger partial charge in [-0.25, -0.2) is 0 Å². The molecular weight excluding hydrogens is 322 g/mol. The first kappa shape index (κ1) is 17.0. The van der Waals surface area contributed by atoms with Gasteiger partial charge in [0.2, 0.25) is 11.8 Å². The first-order chi connectivity index (χ1) is 11.6. The van der Waals surface area contributed by atoms with Gasteiger partial charge in [-0.2, -0.15) is 0 Å². The number of para-hydroxylation sites is 1. The second-order valence-electron chi connectivity index (χ2n) is 6.31. The lowest BCUT2D eigenvalue weighted by atomic mass is 9.89. The summed E-state index contributed by atoms with van der Waals surface area (Å²) in [5, 5.41) is 11.4. The van der Waals surface area contributed by atoms with E-state index in [1.54, 1.807) is 0 Å². The van der Waals surface area contributed by atoms with E-state index in [0.717, 1.165) is 30.0 Å². The Kier molecular flexibility index (Phi) is 5.56. The molecule has 1 heterocycles. The second kappa shape index (κ2) is 7.83. The van der Waals surface area contributed by atoms with Crippen LogP contribution in [0.25, 0.3) is 0 Å². The Bertz CT molecular complexity index is 695. The minimum Gasteiger partial charge on any atom is -0.416 e. The van der Waals surface area contributed by atoms with Crippen LogP contribution in [0.15, 0.2) is 33.9 Å². The zero-order chi connectivity index (χ0) is 16.9. The molecule has 1 aromatic heterocycles. The Morgan fingerprint density at radius 1 is 1.25 bits per heavy atom. The van der Waals surface area contributed by atoms with Crippen molar-refractivity contribution >= 4 is 23.4 Å². The van der Waals surface area contributed by atoms with Crippen LogP contribution in [0.5, 0.6) is 0 Å². The van der Waals surface area contributed by atoms with Crippen molar-refractivity contribution in [2.45, 2.75) is 62.3 Å². The number of benzene rings is 1. The van der Waals surface area contributed by atoms with Gasteiger partial charge in [0.25, 0.3) is 5.22 Å². The van der Waals surface area contributed by atoms with Gasteiger partial charge in [0.15, 0.2) is 0 Å². The minimum absolute atomic E-state index is 0.0632. The molecule has 1 aliphatic rings. The third-order valence-electron chi connectivity index (χ3n) is 4.43. The number of amides is 1. The molecule has 3 rings (SSSR count). The Labute approximate surface area is 146 Å². The zero-order valence-corrected chi connectivity index (χ0v) is 14.9. The molecule has 5 nitrogen and oxygen atoms in total. The van der Waals surface area contributed by atoms with Crippen LogP contribution in [0, 0.1) is 6.92 Å². The van der Waals surface area contributed by atoms with Gasteiger partial charge in [-0.1, -0.05) is 49.2 Å². The lowest BCUT2D eigenvalue weighted by Crippen LogP contribution is -2.22. The fourth-order valence-electron chi connectivity index (χ4n) is 2.93. The fraction of sp³-hybridized carbons (Fsp3) is 0.500. The van der Waals surface area contributed by atoms with E-state index in [-0.39, 0.29) is 11.2 Å². The summed E-state index contributed by atoms with van der Waals surface area (Å²) >= 11 is 1.31. The average molecular weight is 345 g/mol. The van der Waals surface area contributed by atoms with E-state index in [2.05, 4.69) is 15.5 Å². The first-order valence-electron chi connectivity index (χ1n) is 8.50. The molecule has 1 N–H and O–H groups in total. The predicted molar refractivity (Wildman–Crippen MR) is 95.3 cm³/mol. The molecule has 1 saturated carbocycles. The molecule has 1 amide bonds. The standard InChI is InChI=1S/C18H23N3O2S/c1-12-8-6-7-11-15(12)19-16(22)13(2)24-18-21-20-17(23-18)14-9-4-3-5-10-14/h6-8,11,13-14H,3-5,9-10H2,1-2H3,(H,19,22). The highest BCUT2D eigenvalue weighted by atomic mass is 32.2. The molecule has 1 aromatic carbocycles. The van der Waals surface area contributed by atoms with E-state index in [1.165, 1.54) is 31.0 Å². The topological polar surface area (TPSA) is 68.0 Å². The molecule has 1 unspecified atom stereocenters. The molecule has 0 spiro atoms. The summed E-state index contributed by atoms with van der Waals surface area (Å²) in [5.74, 6) is 1.05. The third-order valence-corrected chi connectivity index (χ3v) is 5.36. The largest absolute Gasteiger partial charge is 0.416 e. The van der Waals surface area contributed by atoms with Crippen molar-refractivity contribution in [2.24, 2.45) is 0 Å². The number of aromatic nitrogens is 2. The van der Waals surface area contributed by atoms with Gasteiger partial charge >= 0.3 is 0 Å². The van der Waals surface area contributed by atoms with Crippen LogP contribution in [-0.4, -0.2) is 21.4 Å². The number of aryl methyl sites for hydroxylation is 1. The van der Waals surface area contributed by atoms with Gasteiger partial charge in [0.05, 0.1) is 5.25 Å². The molecule has 0 radical (unpaired) electrons. The highest BCUT2D eigenvalue weighted by Crippen LogP contribution is 2.33. The summed E-state index contributed by atoms with van der Waals surface area (Å²) in [6.45, 7) is 3.82. The molecule has 24 heavy (non-hydrogen) atoms.